The summed E-state index contributed by atoms with van der Waals surface area (Å²) < 4.78 is 5.07. The molecule has 132 valence electrons. The van der Waals surface area contributed by atoms with Gasteiger partial charge in [0.25, 0.3) is 0 Å². The number of nitrogens with one attached hydrogen (secondary N) is 2. The van der Waals surface area contributed by atoms with Crippen molar-refractivity contribution in [3.8, 4) is 0 Å². The van der Waals surface area contributed by atoms with Crippen molar-refractivity contribution < 1.29 is 23.9 Å². The van der Waals surface area contributed by atoms with Gasteiger partial charge in [-0.2, -0.15) is 0 Å². The van der Waals surface area contributed by atoms with Gasteiger partial charge < -0.3 is 25.9 Å². The van der Waals surface area contributed by atoms with Crippen molar-refractivity contribution in [3.05, 3.63) is 30.2 Å². The Kier molecular flexibility index (Phi) is 8.28. The fourth-order valence-corrected chi connectivity index (χ4v) is 1.90. The smallest absolute Gasteiger partial charge is 0.325 e. The van der Waals surface area contributed by atoms with Crippen LogP contribution in [0.3, 0.4) is 0 Å². The SMILES string of the molecule is CC(NC(=O)C(CCCCN)NC(=O)C=Cc1ccco1)C(=O)O. The highest BCUT2D eigenvalue weighted by atomic mass is 16.4. The third kappa shape index (κ3) is 7.10. The third-order valence-electron chi connectivity index (χ3n) is 3.25. The Morgan fingerprint density at radius 3 is 2.67 bits per heavy atom. The van der Waals surface area contributed by atoms with Crippen molar-refractivity contribution in [1.82, 2.24) is 10.6 Å². The molecule has 0 aliphatic rings. The van der Waals surface area contributed by atoms with Crippen LogP contribution in [-0.2, 0) is 14.4 Å². The maximum Gasteiger partial charge on any atom is 0.325 e. The maximum absolute atomic E-state index is 12.2. The topological polar surface area (TPSA) is 135 Å². The normalized spacial score (nSPS) is 13.4. The van der Waals surface area contributed by atoms with Gasteiger partial charge in [-0.1, -0.05) is 0 Å². The van der Waals surface area contributed by atoms with Crippen molar-refractivity contribution in [2.75, 3.05) is 6.54 Å². The summed E-state index contributed by atoms with van der Waals surface area (Å²) in [7, 11) is 0. The van der Waals surface area contributed by atoms with E-state index in [1.54, 1.807) is 12.1 Å². The van der Waals surface area contributed by atoms with Gasteiger partial charge in [0, 0.05) is 6.08 Å². The van der Waals surface area contributed by atoms with Crippen molar-refractivity contribution >= 4 is 23.9 Å². The summed E-state index contributed by atoms with van der Waals surface area (Å²) in [4.78, 5) is 34.9. The van der Waals surface area contributed by atoms with E-state index in [0.29, 0.717) is 31.6 Å². The molecular weight excluding hydrogens is 314 g/mol. The molecule has 0 aliphatic carbocycles. The molecule has 0 aromatic carbocycles. The monoisotopic (exact) mass is 337 g/mol. The van der Waals surface area contributed by atoms with E-state index in [9.17, 15) is 14.4 Å². The van der Waals surface area contributed by atoms with Gasteiger partial charge in [-0.25, -0.2) is 0 Å². The lowest BCUT2D eigenvalue weighted by atomic mass is 10.1. The second-order valence-electron chi connectivity index (χ2n) is 5.26. The highest BCUT2D eigenvalue weighted by Gasteiger charge is 2.23. The minimum Gasteiger partial charge on any atom is -0.480 e. The van der Waals surface area contributed by atoms with Crippen molar-refractivity contribution in [1.29, 1.82) is 0 Å². The molecule has 0 saturated heterocycles. The fraction of sp³-hybridized carbons (Fsp3) is 0.438. The summed E-state index contributed by atoms with van der Waals surface area (Å²) in [5, 5.41) is 13.8. The molecule has 5 N–H and O–H groups in total. The molecule has 1 heterocycles. The Morgan fingerprint density at radius 2 is 2.08 bits per heavy atom. The molecule has 0 fully saturated rings. The van der Waals surface area contributed by atoms with Gasteiger partial charge in [0.15, 0.2) is 0 Å². The summed E-state index contributed by atoms with van der Waals surface area (Å²) in [6, 6.07) is 1.51. The molecule has 8 heteroatoms. The average Bonchev–Trinajstić information content (AvgIpc) is 3.05. The zero-order chi connectivity index (χ0) is 17.9. The van der Waals surface area contributed by atoms with E-state index in [1.807, 2.05) is 0 Å². The Hall–Kier alpha value is -2.61. The van der Waals surface area contributed by atoms with Crippen LogP contribution in [0.5, 0.6) is 0 Å². The van der Waals surface area contributed by atoms with E-state index in [1.165, 1.54) is 25.3 Å². The number of carbonyl (C=O) groups excluding carboxylic acids is 2. The first-order valence-corrected chi connectivity index (χ1v) is 7.69. The quantitative estimate of drug-likeness (QED) is 0.363. The van der Waals surface area contributed by atoms with Gasteiger partial charge in [0.05, 0.1) is 6.26 Å². The lowest BCUT2D eigenvalue weighted by molar-refractivity contribution is -0.141. The average molecular weight is 337 g/mol. The van der Waals surface area contributed by atoms with Crippen LogP contribution in [0.25, 0.3) is 6.08 Å². The lowest BCUT2D eigenvalue weighted by Crippen LogP contribution is -2.50. The van der Waals surface area contributed by atoms with E-state index >= 15 is 0 Å². The van der Waals surface area contributed by atoms with E-state index in [2.05, 4.69) is 10.6 Å². The number of nitrogens with two attached hydrogens (primary N) is 1. The van der Waals surface area contributed by atoms with Crippen molar-refractivity contribution in [2.45, 2.75) is 38.3 Å². The number of carboxylic acids is 1. The number of unbranched alkanes of at least 4 members (excludes halogenated alkanes) is 1. The van der Waals surface area contributed by atoms with Crippen LogP contribution in [0.2, 0.25) is 0 Å². The molecule has 0 spiro atoms. The summed E-state index contributed by atoms with van der Waals surface area (Å²) >= 11 is 0. The van der Waals surface area contributed by atoms with Crippen LogP contribution in [0.15, 0.2) is 28.9 Å². The number of aliphatic carboxylic acids is 1. The molecule has 24 heavy (non-hydrogen) atoms. The van der Waals surface area contributed by atoms with Crippen LogP contribution in [0.1, 0.15) is 31.9 Å². The molecule has 2 atom stereocenters. The molecule has 0 saturated carbocycles. The molecule has 1 aromatic heterocycles. The Balaban J connectivity index is 2.64. The van der Waals surface area contributed by atoms with E-state index < -0.39 is 29.9 Å². The molecule has 0 radical (unpaired) electrons. The number of furan rings is 1. The van der Waals surface area contributed by atoms with E-state index in [-0.39, 0.29) is 0 Å². The van der Waals surface area contributed by atoms with Crippen LogP contribution in [0, 0.1) is 0 Å². The first kappa shape index (κ1) is 19.4. The fourth-order valence-electron chi connectivity index (χ4n) is 1.90. The summed E-state index contributed by atoms with van der Waals surface area (Å²) in [6.07, 6.45) is 5.92. The van der Waals surface area contributed by atoms with Gasteiger partial charge >= 0.3 is 5.97 Å². The minimum absolute atomic E-state index is 0.371. The van der Waals surface area contributed by atoms with Gasteiger partial charge in [-0.05, 0) is 50.9 Å². The first-order valence-electron chi connectivity index (χ1n) is 7.69. The summed E-state index contributed by atoms with van der Waals surface area (Å²) in [5.74, 6) is -1.65. The number of hydrogen-bond donors (Lipinski definition) is 4. The molecule has 8 nitrogen and oxygen atoms in total. The van der Waals surface area contributed by atoms with Gasteiger partial charge in [-0.15, -0.1) is 0 Å². The van der Waals surface area contributed by atoms with Crippen LogP contribution in [-0.4, -0.2) is 41.5 Å². The first-order chi connectivity index (χ1) is 11.4. The Morgan fingerprint density at radius 1 is 1.33 bits per heavy atom. The number of amides is 2. The summed E-state index contributed by atoms with van der Waals surface area (Å²) in [5.41, 5.74) is 5.43. The molecule has 0 aliphatic heterocycles. The zero-order valence-electron chi connectivity index (χ0n) is 13.5. The highest BCUT2D eigenvalue weighted by Crippen LogP contribution is 2.04. The Bertz CT molecular complexity index is 568. The zero-order valence-corrected chi connectivity index (χ0v) is 13.5. The number of carbonyl (C=O) groups is 3. The maximum atomic E-state index is 12.2. The molecule has 1 aromatic rings. The van der Waals surface area contributed by atoms with Gasteiger partial charge in [-0.3, -0.25) is 14.4 Å². The van der Waals surface area contributed by atoms with E-state index in [4.69, 9.17) is 15.3 Å². The molecule has 2 unspecified atom stereocenters. The lowest BCUT2D eigenvalue weighted by Gasteiger charge is -2.19. The van der Waals surface area contributed by atoms with Gasteiger partial charge in [0.1, 0.15) is 17.8 Å². The van der Waals surface area contributed by atoms with E-state index in [0.717, 1.165) is 0 Å². The minimum atomic E-state index is -1.15. The third-order valence-corrected chi connectivity index (χ3v) is 3.25. The number of rotatable bonds is 10. The Labute approximate surface area is 140 Å². The number of hydrogen-bond acceptors (Lipinski definition) is 5. The highest BCUT2D eigenvalue weighted by molar-refractivity contribution is 5.96. The second kappa shape index (κ2) is 10.2. The number of carboxylic acid groups (broad SMARTS) is 1. The molecule has 1 rings (SSSR count). The van der Waals surface area contributed by atoms with Crippen molar-refractivity contribution in [2.24, 2.45) is 5.73 Å². The van der Waals surface area contributed by atoms with Crippen LogP contribution >= 0.6 is 0 Å². The predicted octanol–water partition coefficient (Wildman–Crippen LogP) is 0.496. The molecule has 0 bridgehead atoms. The van der Waals surface area contributed by atoms with Crippen molar-refractivity contribution in [3.63, 3.8) is 0 Å². The molecule has 2 amide bonds. The van der Waals surface area contributed by atoms with Crippen LogP contribution in [0.4, 0.5) is 0 Å². The largest absolute Gasteiger partial charge is 0.480 e. The predicted molar refractivity (Wildman–Crippen MR) is 87.8 cm³/mol. The summed E-state index contributed by atoms with van der Waals surface area (Å²) in [6.45, 7) is 1.84. The molecular formula is C16H23N3O5. The van der Waals surface area contributed by atoms with Gasteiger partial charge in [0.2, 0.25) is 11.8 Å². The van der Waals surface area contributed by atoms with Crippen LogP contribution < -0.4 is 16.4 Å². The second-order valence-corrected chi connectivity index (χ2v) is 5.26. The standard InChI is InChI=1S/C16H23N3O5/c1-11(16(22)23)18-15(21)13(6-2-3-9-17)19-14(20)8-7-12-5-4-10-24-12/h4-5,7-8,10-11,13H,2-3,6,9,17H2,1H3,(H,18,21)(H,19,20)(H,22,23).